The maximum atomic E-state index is 9.68. The van der Waals surface area contributed by atoms with E-state index in [9.17, 15) is 4.79 Å². The molecule has 5 heteroatoms. The fraction of sp³-hybridized carbons (Fsp3) is 0.500. The number of alkyl halides is 2. The standard InChI is InChI=1S/C2H2I2O2.Zn/c3-1(4)2(5)6;/h1H,(H,5,6);. The first-order valence-electron chi connectivity index (χ1n) is 1.15. The number of carboxylic acid groups (broad SMARTS) is 1. The summed E-state index contributed by atoms with van der Waals surface area (Å²) >= 11 is 3.64. The van der Waals surface area contributed by atoms with Crippen LogP contribution in [0.3, 0.4) is 0 Å². The van der Waals surface area contributed by atoms with Crippen LogP contribution < -0.4 is 0 Å². The minimum atomic E-state index is -0.767. The Kier molecular flexibility index (Phi) is 9.23. The average Bonchev–Trinajstić information content (AvgIpc) is 1.36. The Morgan fingerprint density at radius 2 is 1.71 bits per heavy atom. The van der Waals surface area contributed by atoms with E-state index in [1.54, 1.807) is 0 Å². The predicted molar refractivity (Wildman–Crippen MR) is 39.5 cm³/mol. The van der Waals surface area contributed by atoms with Crippen molar-refractivity contribution in [3.63, 3.8) is 0 Å². The zero-order valence-corrected chi connectivity index (χ0v) is 10.7. The number of hydrogen-bond donors (Lipinski definition) is 1. The minimum absolute atomic E-state index is 0. The predicted octanol–water partition coefficient (Wildman–Crippen LogP) is 1.26. The van der Waals surface area contributed by atoms with Crippen LogP contribution in [0.1, 0.15) is 0 Å². The van der Waals surface area contributed by atoms with E-state index < -0.39 is 5.97 Å². The summed E-state index contributed by atoms with van der Waals surface area (Å²) < 4.78 is -0.291. The van der Waals surface area contributed by atoms with Gasteiger partial charge >= 0.3 is 5.97 Å². The Morgan fingerprint density at radius 3 is 1.71 bits per heavy atom. The van der Waals surface area contributed by atoms with Crippen LogP contribution in [0.5, 0.6) is 0 Å². The van der Waals surface area contributed by atoms with E-state index in [0.29, 0.717) is 0 Å². The topological polar surface area (TPSA) is 37.3 Å². The van der Waals surface area contributed by atoms with Crippen molar-refractivity contribution in [3.8, 4) is 0 Å². The maximum Gasteiger partial charge on any atom is 0.326 e. The summed E-state index contributed by atoms with van der Waals surface area (Å²) in [6.07, 6.45) is 0. The van der Waals surface area contributed by atoms with Gasteiger partial charge in [-0.2, -0.15) is 0 Å². The molecule has 0 aliphatic rings. The Hall–Kier alpha value is 1.55. The van der Waals surface area contributed by atoms with Gasteiger partial charge in [-0.15, -0.1) is 0 Å². The van der Waals surface area contributed by atoms with Crippen molar-refractivity contribution < 1.29 is 29.4 Å². The van der Waals surface area contributed by atoms with Crippen molar-refractivity contribution in [3.05, 3.63) is 0 Å². The third-order valence-electron chi connectivity index (χ3n) is 0.187. The molecule has 0 aliphatic heterocycles. The van der Waals surface area contributed by atoms with Crippen molar-refractivity contribution in [2.45, 2.75) is 1.93 Å². The molecule has 0 spiro atoms. The number of rotatable bonds is 1. The number of halogens is 2. The van der Waals surface area contributed by atoms with Crippen LogP contribution in [0.4, 0.5) is 0 Å². The molecule has 0 rings (SSSR count). The van der Waals surface area contributed by atoms with Crippen molar-refractivity contribution in [2.75, 3.05) is 0 Å². The summed E-state index contributed by atoms with van der Waals surface area (Å²) in [4.78, 5) is 9.68. The summed E-state index contributed by atoms with van der Waals surface area (Å²) in [6.45, 7) is 0. The molecule has 1 N–H and O–H groups in total. The summed E-state index contributed by atoms with van der Waals surface area (Å²) in [5.74, 6) is -0.767. The van der Waals surface area contributed by atoms with Crippen LogP contribution >= 0.6 is 45.2 Å². The molecule has 0 fully saturated rings. The first-order chi connectivity index (χ1) is 2.64. The van der Waals surface area contributed by atoms with E-state index in [0.717, 1.165) is 0 Å². The van der Waals surface area contributed by atoms with Gasteiger partial charge in [0.1, 0.15) is 0 Å². The molecule has 0 atom stereocenters. The van der Waals surface area contributed by atoms with Gasteiger partial charge in [0.2, 0.25) is 0 Å². The van der Waals surface area contributed by atoms with E-state index in [-0.39, 0.29) is 21.4 Å². The molecular formula is C2H2I2O2Zn. The summed E-state index contributed by atoms with van der Waals surface area (Å²) in [5.41, 5.74) is 0. The molecule has 0 radical (unpaired) electrons. The van der Waals surface area contributed by atoms with Gasteiger partial charge in [-0.05, 0) is 0 Å². The molecule has 0 aromatic rings. The van der Waals surface area contributed by atoms with Crippen LogP contribution in [0.15, 0.2) is 0 Å². The maximum absolute atomic E-state index is 9.68. The van der Waals surface area contributed by atoms with Crippen molar-refractivity contribution >= 4 is 51.2 Å². The number of aliphatic carboxylic acids is 1. The van der Waals surface area contributed by atoms with E-state index in [1.807, 2.05) is 45.2 Å². The molecule has 7 heavy (non-hydrogen) atoms. The largest absolute Gasteiger partial charge is 0.480 e. The molecule has 0 aliphatic carbocycles. The van der Waals surface area contributed by atoms with Crippen LogP contribution in [0.25, 0.3) is 0 Å². The van der Waals surface area contributed by atoms with Gasteiger partial charge in [0.05, 0.1) is 0 Å². The van der Waals surface area contributed by atoms with Crippen LogP contribution in [-0.4, -0.2) is 13.0 Å². The van der Waals surface area contributed by atoms with Crippen LogP contribution in [-0.2, 0) is 24.3 Å². The molecule has 38 valence electrons. The second kappa shape index (κ2) is 5.69. The fourth-order valence-electron chi connectivity index (χ4n) is 0. The molecule has 2 nitrogen and oxygen atoms in total. The van der Waals surface area contributed by atoms with Gasteiger partial charge in [-0.25, -0.2) is 0 Å². The van der Waals surface area contributed by atoms with Gasteiger partial charge in [-0.1, -0.05) is 45.2 Å². The van der Waals surface area contributed by atoms with E-state index in [2.05, 4.69) is 0 Å². The second-order valence-corrected chi connectivity index (χ2v) is 5.51. The van der Waals surface area contributed by atoms with Gasteiger partial charge in [0.15, 0.2) is 1.93 Å². The van der Waals surface area contributed by atoms with Gasteiger partial charge in [0.25, 0.3) is 0 Å². The SMILES string of the molecule is O=C(O)C(I)I.[Zn]. The molecule has 0 saturated carbocycles. The van der Waals surface area contributed by atoms with Gasteiger partial charge in [0, 0.05) is 19.5 Å². The third-order valence-corrected chi connectivity index (χ3v) is 1.25. The first kappa shape index (κ1) is 11.4. The molecule has 0 saturated heterocycles. The van der Waals surface area contributed by atoms with Gasteiger partial charge in [-0.3, -0.25) is 4.79 Å². The zero-order valence-electron chi connectivity index (χ0n) is 3.40. The molecule has 0 aromatic heterocycles. The second-order valence-electron chi connectivity index (χ2n) is 0.639. The molecule has 0 bridgehead atoms. The normalized spacial score (nSPS) is 7.86. The van der Waals surface area contributed by atoms with E-state index in [1.165, 1.54) is 0 Å². The van der Waals surface area contributed by atoms with Gasteiger partial charge < -0.3 is 5.11 Å². The van der Waals surface area contributed by atoms with Crippen molar-refractivity contribution in [1.29, 1.82) is 0 Å². The summed E-state index contributed by atoms with van der Waals surface area (Å²) in [7, 11) is 0. The molecular weight excluding hydrogens is 375 g/mol. The molecule has 0 amide bonds. The molecule has 0 heterocycles. The zero-order chi connectivity index (χ0) is 5.15. The van der Waals surface area contributed by atoms with Crippen molar-refractivity contribution in [2.24, 2.45) is 0 Å². The number of hydrogen-bond acceptors (Lipinski definition) is 1. The number of carbonyl (C=O) groups is 1. The first-order valence-corrected chi connectivity index (χ1v) is 3.64. The Bertz CT molecular complexity index is 64.7. The van der Waals surface area contributed by atoms with Crippen LogP contribution in [0, 0.1) is 0 Å². The Morgan fingerprint density at radius 1 is 1.57 bits per heavy atom. The molecule has 0 aromatic carbocycles. The fourth-order valence-corrected chi connectivity index (χ4v) is 0. The van der Waals surface area contributed by atoms with E-state index in [4.69, 9.17) is 5.11 Å². The molecule has 0 unspecified atom stereocenters. The number of carboxylic acids is 1. The monoisotopic (exact) mass is 376 g/mol. The average molecular weight is 377 g/mol. The minimum Gasteiger partial charge on any atom is -0.480 e. The van der Waals surface area contributed by atoms with E-state index >= 15 is 0 Å². The summed E-state index contributed by atoms with van der Waals surface area (Å²) in [5, 5.41) is 7.98. The quantitative estimate of drug-likeness (QED) is 0.425. The Labute approximate surface area is 81.5 Å². The van der Waals surface area contributed by atoms with Crippen molar-refractivity contribution in [1.82, 2.24) is 0 Å². The Balaban J connectivity index is 0. The van der Waals surface area contributed by atoms with Crippen LogP contribution in [0.2, 0.25) is 0 Å². The smallest absolute Gasteiger partial charge is 0.326 e. The third kappa shape index (κ3) is 7.55. The summed E-state index contributed by atoms with van der Waals surface area (Å²) in [6, 6.07) is 0.